The predicted octanol–water partition coefficient (Wildman–Crippen LogP) is 0.372. The molecule has 94 valence electrons. The summed E-state index contributed by atoms with van der Waals surface area (Å²) in [5, 5.41) is 29.2. The molecule has 0 amide bonds. The standard InChI is InChI=1S/C12H10B2O4S/c15-13-18-8-2-4-12-10(6-8)9-5-7(14(16)17)1-3-11(9)19-12/h1-6,13,15-17H. The molecule has 1 heterocycles. The molecule has 0 bridgehead atoms. The van der Waals surface area contributed by atoms with Crippen molar-refractivity contribution in [2.24, 2.45) is 0 Å². The molecule has 0 spiro atoms. The van der Waals surface area contributed by atoms with Gasteiger partial charge in [0.1, 0.15) is 5.75 Å². The van der Waals surface area contributed by atoms with E-state index in [1.807, 2.05) is 18.2 Å². The average molecular weight is 272 g/mol. The van der Waals surface area contributed by atoms with Crippen LogP contribution in [-0.2, 0) is 0 Å². The maximum Gasteiger partial charge on any atom is 0.504 e. The van der Waals surface area contributed by atoms with Gasteiger partial charge < -0.3 is 19.7 Å². The molecule has 3 aromatic rings. The monoisotopic (exact) mass is 272 g/mol. The molecule has 1 aromatic heterocycles. The Labute approximate surface area is 114 Å². The van der Waals surface area contributed by atoms with Gasteiger partial charge in [-0.05, 0) is 29.7 Å². The van der Waals surface area contributed by atoms with Crippen LogP contribution in [0.25, 0.3) is 20.2 Å². The summed E-state index contributed by atoms with van der Waals surface area (Å²) in [4.78, 5) is 0. The zero-order valence-electron chi connectivity index (χ0n) is 9.91. The highest BCUT2D eigenvalue weighted by Crippen LogP contribution is 2.35. The number of hydrogen-bond acceptors (Lipinski definition) is 5. The van der Waals surface area contributed by atoms with Crippen LogP contribution in [0.15, 0.2) is 36.4 Å². The van der Waals surface area contributed by atoms with E-state index in [-0.39, 0.29) is 7.69 Å². The van der Waals surface area contributed by atoms with Gasteiger partial charge in [0.25, 0.3) is 0 Å². The molecule has 0 unspecified atom stereocenters. The van der Waals surface area contributed by atoms with Crippen molar-refractivity contribution in [2.45, 2.75) is 0 Å². The van der Waals surface area contributed by atoms with E-state index in [2.05, 4.69) is 0 Å². The molecule has 7 heteroatoms. The molecule has 0 fully saturated rings. The number of thiophene rings is 1. The molecule has 0 radical (unpaired) electrons. The zero-order valence-corrected chi connectivity index (χ0v) is 10.7. The van der Waals surface area contributed by atoms with Crippen LogP contribution in [0.1, 0.15) is 0 Å². The highest BCUT2D eigenvalue weighted by atomic mass is 32.1. The van der Waals surface area contributed by atoms with Gasteiger partial charge >= 0.3 is 14.8 Å². The second-order valence-electron chi connectivity index (χ2n) is 4.16. The predicted molar refractivity (Wildman–Crippen MR) is 79.2 cm³/mol. The molecular formula is C12H10B2O4S. The van der Waals surface area contributed by atoms with E-state index in [0.29, 0.717) is 11.2 Å². The van der Waals surface area contributed by atoms with Crippen LogP contribution in [0, 0.1) is 0 Å². The summed E-state index contributed by atoms with van der Waals surface area (Å²) >= 11 is 1.63. The molecule has 3 N–H and O–H groups in total. The van der Waals surface area contributed by atoms with Crippen molar-refractivity contribution in [2.75, 3.05) is 0 Å². The first kappa shape index (κ1) is 12.5. The van der Waals surface area contributed by atoms with Crippen molar-refractivity contribution in [3.63, 3.8) is 0 Å². The highest BCUT2D eigenvalue weighted by molar-refractivity contribution is 7.25. The van der Waals surface area contributed by atoms with Gasteiger partial charge in [-0.1, -0.05) is 12.1 Å². The summed E-state index contributed by atoms with van der Waals surface area (Å²) < 4.78 is 7.23. The molecule has 0 saturated heterocycles. The van der Waals surface area contributed by atoms with E-state index >= 15 is 0 Å². The van der Waals surface area contributed by atoms with Crippen LogP contribution >= 0.6 is 11.3 Å². The lowest BCUT2D eigenvalue weighted by atomic mass is 9.80. The third kappa shape index (κ3) is 2.21. The van der Waals surface area contributed by atoms with Gasteiger partial charge in [-0.3, -0.25) is 0 Å². The van der Waals surface area contributed by atoms with Crippen LogP contribution < -0.4 is 10.1 Å². The van der Waals surface area contributed by atoms with Crippen molar-refractivity contribution in [3.05, 3.63) is 36.4 Å². The number of fused-ring (bicyclic) bond motifs is 3. The fourth-order valence-corrected chi connectivity index (χ4v) is 3.17. The Morgan fingerprint density at radius 2 is 1.68 bits per heavy atom. The fourth-order valence-electron chi connectivity index (χ4n) is 2.10. The highest BCUT2D eigenvalue weighted by Gasteiger charge is 2.13. The van der Waals surface area contributed by atoms with Gasteiger partial charge in [0.2, 0.25) is 0 Å². The molecule has 0 aliphatic heterocycles. The van der Waals surface area contributed by atoms with Gasteiger partial charge in [0, 0.05) is 20.2 Å². The second-order valence-corrected chi connectivity index (χ2v) is 5.25. The largest absolute Gasteiger partial charge is 0.539 e. The lowest BCUT2D eigenvalue weighted by molar-refractivity contribution is 0.426. The molecule has 4 nitrogen and oxygen atoms in total. The Bertz CT molecular complexity index is 741. The number of hydrogen-bond donors (Lipinski definition) is 3. The van der Waals surface area contributed by atoms with Crippen LogP contribution in [0.4, 0.5) is 0 Å². The fraction of sp³-hybridized carbons (Fsp3) is 0. The Morgan fingerprint density at radius 1 is 1.00 bits per heavy atom. The first-order valence-electron chi connectivity index (χ1n) is 5.75. The van der Waals surface area contributed by atoms with E-state index in [1.54, 1.807) is 29.5 Å². The van der Waals surface area contributed by atoms with Crippen molar-refractivity contribution in [1.82, 2.24) is 0 Å². The minimum Gasteiger partial charge on any atom is -0.539 e. The third-order valence-corrected chi connectivity index (χ3v) is 4.15. The summed E-state index contributed by atoms with van der Waals surface area (Å²) in [6.07, 6.45) is 0. The molecule has 0 aliphatic rings. The van der Waals surface area contributed by atoms with Crippen LogP contribution in [0.3, 0.4) is 0 Å². The zero-order chi connectivity index (χ0) is 13.4. The van der Waals surface area contributed by atoms with Crippen molar-refractivity contribution >= 4 is 51.8 Å². The Morgan fingerprint density at radius 3 is 2.37 bits per heavy atom. The van der Waals surface area contributed by atoms with Crippen molar-refractivity contribution in [3.8, 4) is 5.75 Å². The third-order valence-electron chi connectivity index (χ3n) is 2.99. The lowest BCUT2D eigenvalue weighted by Gasteiger charge is -2.02. The molecule has 0 aliphatic carbocycles. The Balaban J connectivity index is 2.25. The van der Waals surface area contributed by atoms with E-state index in [0.717, 1.165) is 20.2 Å². The van der Waals surface area contributed by atoms with E-state index in [9.17, 15) is 10.0 Å². The Kier molecular flexibility index (Phi) is 3.20. The minimum absolute atomic E-state index is 0.367. The summed E-state index contributed by atoms with van der Waals surface area (Å²) in [6.45, 7) is 0. The number of rotatable bonds is 3. The molecule has 0 saturated carbocycles. The summed E-state index contributed by atoms with van der Waals surface area (Å²) in [5.41, 5.74) is 0.459. The summed E-state index contributed by atoms with van der Waals surface area (Å²) in [7, 11) is -1.84. The SMILES string of the molecule is OBOc1ccc2sc3ccc(B(O)O)cc3c2c1. The van der Waals surface area contributed by atoms with Gasteiger partial charge in [0.15, 0.2) is 0 Å². The van der Waals surface area contributed by atoms with Gasteiger partial charge in [-0.25, -0.2) is 0 Å². The van der Waals surface area contributed by atoms with Crippen molar-refractivity contribution < 1.29 is 19.7 Å². The lowest BCUT2D eigenvalue weighted by Crippen LogP contribution is -2.29. The molecule has 2 aromatic carbocycles. The smallest absolute Gasteiger partial charge is 0.504 e. The number of benzene rings is 2. The quantitative estimate of drug-likeness (QED) is 0.602. The maximum atomic E-state index is 9.23. The maximum absolute atomic E-state index is 9.23. The first-order chi connectivity index (χ1) is 9.19. The average Bonchev–Trinajstić information content (AvgIpc) is 2.76. The summed E-state index contributed by atoms with van der Waals surface area (Å²) in [5.74, 6) is 0.588. The van der Waals surface area contributed by atoms with Gasteiger partial charge in [-0.15, -0.1) is 11.3 Å². The minimum atomic E-state index is -1.48. The molecule has 0 atom stereocenters. The Hall–Kier alpha value is -1.53. The van der Waals surface area contributed by atoms with E-state index in [4.69, 9.17) is 9.68 Å². The van der Waals surface area contributed by atoms with Crippen molar-refractivity contribution in [1.29, 1.82) is 0 Å². The van der Waals surface area contributed by atoms with Crippen LogP contribution in [0.2, 0.25) is 0 Å². The molecule has 19 heavy (non-hydrogen) atoms. The molecular weight excluding hydrogens is 262 g/mol. The normalized spacial score (nSPS) is 10.9. The summed E-state index contributed by atoms with van der Waals surface area (Å²) in [6, 6.07) is 10.9. The van der Waals surface area contributed by atoms with E-state index < -0.39 is 7.12 Å². The van der Waals surface area contributed by atoms with Gasteiger partial charge in [0.05, 0.1) is 0 Å². The van der Waals surface area contributed by atoms with Gasteiger partial charge in [-0.2, -0.15) is 0 Å². The molecule has 3 rings (SSSR count). The van der Waals surface area contributed by atoms with Crippen LogP contribution in [0.5, 0.6) is 5.75 Å². The second kappa shape index (κ2) is 4.86. The van der Waals surface area contributed by atoms with E-state index in [1.165, 1.54) is 0 Å². The van der Waals surface area contributed by atoms with Crippen LogP contribution in [-0.4, -0.2) is 29.9 Å². The first-order valence-corrected chi connectivity index (χ1v) is 6.56. The topological polar surface area (TPSA) is 69.9 Å².